The molecule has 0 saturated heterocycles. The number of amides is 2. The molecular formula is C28H31ClN2O6. The van der Waals surface area contributed by atoms with Gasteiger partial charge in [-0.3, -0.25) is 14.4 Å². The van der Waals surface area contributed by atoms with E-state index >= 15 is 0 Å². The number of aromatic carboxylic acids is 1. The number of ether oxygens (including phenoxy) is 1. The summed E-state index contributed by atoms with van der Waals surface area (Å²) in [6, 6.07) is 9.77. The predicted molar refractivity (Wildman–Crippen MR) is 143 cm³/mol. The van der Waals surface area contributed by atoms with Crippen molar-refractivity contribution in [1.29, 1.82) is 0 Å². The standard InChI is InChI=1S/C28H31ClN2O6/c1-5-7-8-25(27(34)30-21-12-9-19(10-13-21)28(35)36)31(17-32)16-26(37-4)22(6-2)24-15-20(29)11-14-23(24)18(3)33/h6,9-17,25H,5,7-8H2,1-4H3,(H,30,34)(H,35,36)/b22-6-,26-16+. The van der Waals surface area contributed by atoms with Crippen LogP contribution < -0.4 is 5.32 Å². The lowest BCUT2D eigenvalue weighted by molar-refractivity contribution is -0.127. The molecule has 9 heteroatoms. The van der Waals surface area contributed by atoms with Gasteiger partial charge in [0.1, 0.15) is 11.8 Å². The van der Waals surface area contributed by atoms with Crippen LogP contribution in [0.2, 0.25) is 5.02 Å². The number of carbonyl (C=O) groups is 4. The number of nitrogens with one attached hydrogen (secondary N) is 1. The molecule has 37 heavy (non-hydrogen) atoms. The maximum absolute atomic E-state index is 13.2. The van der Waals surface area contributed by atoms with E-state index in [0.717, 1.165) is 6.42 Å². The molecule has 1 unspecified atom stereocenters. The van der Waals surface area contributed by atoms with Gasteiger partial charge in [-0.15, -0.1) is 0 Å². The number of methoxy groups -OCH3 is 1. The zero-order valence-corrected chi connectivity index (χ0v) is 22.0. The molecule has 2 rings (SSSR count). The van der Waals surface area contributed by atoms with E-state index in [0.29, 0.717) is 46.7 Å². The van der Waals surface area contributed by atoms with Gasteiger partial charge in [0.25, 0.3) is 0 Å². The van der Waals surface area contributed by atoms with Gasteiger partial charge < -0.3 is 20.1 Å². The summed E-state index contributed by atoms with van der Waals surface area (Å²) in [5, 5.41) is 12.3. The lowest BCUT2D eigenvalue weighted by Gasteiger charge is -2.26. The number of nitrogens with zero attached hydrogens (tertiary/aromatic N) is 1. The number of anilines is 1. The lowest BCUT2D eigenvalue weighted by atomic mass is 9.96. The fraction of sp³-hybridized carbons (Fsp3) is 0.286. The molecular weight excluding hydrogens is 496 g/mol. The number of halogens is 1. The van der Waals surface area contributed by atoms with Crippen LogP contribution in [0.4, 0.5) is 5.69 Å². The molecule has 2 aromatic rings. The van der Waals surface area contributed by atoms with Crippen molar-refractivity contribution in [2.45, 2.75) is 46.1 Å². The summed E-state index contributed by atoms with van der Waals surface area (Å²) < 4.78 is 5.60. The van der Waals surface area contributed by atoms with Crippen LogP contribution in [-0.2, 0) is 14.3 Å². The highest BCUT2D eigenvalue weighted by molar-refractivity contribution is 6.31. The largest absolute Gasteiger partial charge is 0.495 e. The Morgan fingerprint density at radius 1 is 1.14 bits per heavy atom. The maximum Gasteiger partial charge on any atom is 0.335 e. The van der Waals surface area contributed by atoms with Gasteiger partial charge in [0.05, 0.1) is 18.9 Å². The molecule has 0 aliphatic carbocycles. The second-order valence-electron chi connectivity index (χ2n) is 8.23. The first-order valence-corrected chi connectivity index (χ1v) is 12.1. The average molecular weight is 527 g/mol. The fourth-order valence-electron chi connectivity index (χ4n) is 3.77. The minimum absolute atomic E-state index is 0.0903. The Morgan fingerprint density at radius 2 is 1.81 bits per heavy atom. The molecule has 0 bridgehead atoms. The van der Waals surface area contributed by atoms with Gasteiger partial charge in [0.2, 0.25) is 12.3 Å². The van der Waals surface area contributed by atoms with Gasteiger partial charge in [-0.25, -0.2) is 4.79 Å². The van der Waals surface area contributed by atoms with E-state index in [-0.39, 0.29) is 17.1 Å². The Morgan fingerprint density at radius 3 is 2.32 bits per heavy atom. The topological polar surface area (TPSA) is 113 Å². The quantitative estimate of drug-likeness (QED) is 0.148. The average Bonchev–Trinajstić information content (AvgIpc) is 2.87. The molecule has 2 N–H and O–H groups in total. The van der Waals surface area contributed by atoms with Crippen molar-refractivity contribution >= 4 is 46.9 Å². The summed E-state index contributed by atoms with van der Waals surface area (Å²) in [4.78, 5) is 50.0. The summed E-state index contributed by atoms with van der Waals surface area (Å²) in [6.45, 7) is 5.18. The molecule has 0 aromatic heterocycles. The molecule has 0 saturated carbocycles. The van der Waals surface area contributed by atoms with Gasteiger partial charge in [-0.1, -0.05) is 37.4 Å². The van der Waals surface area contributed by atoms with Crippen LogP contribution in [0.25, 0.3) is 5.57 Å². The minimum Gasteiger partial charge on any atom is -0.495 e. The van der Waals surface area contributed by atoms with Crippen LogP contribution in [-0.4, -0.2) is 47.2 Å². The molecule has 196 valence electrons. The third-order valence-electron chi connectivity index (χ3n) is 5.71. The first kappa shape index (κ1) is 29.3. The van der Waals surface area contributed by atoms with Gasteiger partial charge >= 0.3 is 5.97 Å². The summed E-state index contributed by atoms with van der Waals surface area (Å²) in [5.74, 6) is -1.41. The van der Waals surface area contributed by atoms with Crippen LogP contribution in [0.1, 0.15) is 66.3 Å². The number of ketones is 1. The van der Waals surface area contributed by atoms with Crippen molar-refractivity contribution in [3.63, 3.8) is 0 Å². The van der Waals surface area contributed by atoms with Crippen molar-refractivity contribution in [2.24, 2.45) is 0 Å². The van der Waals surface area contributed by atoms with Crippen LogP contribution in [0.15, 0.2) is 60.5 Å². The molecule has 0 fully saturated rings. The third kappa shape index (κ3) is 7.79. The van der Waals surface area contributed by atoms with E-state index in [4.69, 9.17) is 21.4 Å². The number of unbranched alkanes of at least 4 members (excludes halogenated alkanes) is 1. The number of benzene rings is 2. The molecule has 0 radical (unpaired) electrons. The van der Waals surface area contributed by atoms with Crippen LogP contribution in [0.3, 0.4) is 0 Å². The molecule has 2 aromatic carbocycles. The number of hydrogen-bond donors (Lipinski definition) is 2. The Balaban J connectivity index is 2.46. The molecule has 1 atom stereocenters. The van der Waals surface area contributed by atoms with E-state index in [1.54, 1.807) is 31.2 Å². The Labute approximate surface area is 221 Å². The summed E-state index contributed by atoms with van der Waals surface area (Å²) in [5.41, 5.74) is 1.99. The van der Waals surface area contributed by atoms with Gasteiger partial charge in [-0.05, 0) is 68.3 Å². The Bertz CT molecular complexity index is 1200. The number of rotatable bonds is 13. The van der Waals surface area contributed by atoms with Gasteiger partial charge in [0, 0.05) is 21.8 Å². The molecule has 0 aliphatic heterocycles. The molecule has 0 heterocycles. The monoisotopic (exact) mass is 526 g/mol. The van der Waals surface area contributed by atoms with Crippen LogP contribution in [0, 0.1) is 0 Å². The van der Waals surface area contributed by atoms with Crippen LogP contribution >= 0.6 is 11.6 Å². The SMILES string of the molecule is C/C=C(\C(=C/N(C=O)C(CCCC)C(=O)Nc1ccc(C(=O)O)cc1)OC)c1cc(Cl)ccc1C(C)=O. The predicted octanol–water partition coefficient (Wildman–Crippen LogP) is 5.79. The van der Waals surface area contributed by atoms with E-state index < -0.39 is 17.9 Å². The Kier molecular flexibility index (Phi) is 11.1. The second kappa shape index (κ2) is 14.0. The smallest absolute Gasteiger partial charge is 0.335 e. The van der Waals surface area contributed by atoms with Crippen molar-refractivity contribution in [3.8, 4) is 0 Å². The fourth-order valence-corrected chi connectivity index (χ4v) is 3.95. The normalized spacial score (nSPS) is 12.5. The van der Waals surface area contributed by atoms with Crippen molar-refractivity contribution in [3.05, 3.63) is 82.2 Å². The van der Waals surface area contributed by atoms with Gasteiger partial charge in [0.15, 0.2) is 5.78 Å². The third-order valence-corrected chi connectivity index (χ3v) is 5.94. The first-order chi connectivity index (χ1) is 17.7. The highest BCUT2D eigenvalue weighted by atomic mass is 35.5. The van der Waals surface area contributed by atoms with Crippen molar-refractivity contribution in [1.82, 2.24) is 4.90 Å². The van der Waals surface area contributed by atoms with Crippen molar-refractivity contribution < 1.29 is 29.0 Å². The van der Waals surface area contributed by atoms with Crippen molar-refractivity contribution in [2.75, 3.05) is 12.4 Å². The molecule has 2 amide bonds. The minimum atomic E-state index is -1.07. The summed E-state index contributed by atoms with van der Waals surface area (Å²) in [7, 11) is 1.43. The van der Waals surface area contributed by atoms with E-state index in [1.165, 1.54) is 49.4 Å². The number of carbonyl (C=O) groups excluding carboxylic acids is 3. The number of Topliss-reactive ketones (excluding diaryl/α,β-unsaturated/α-hetero) is 1. The highest BCUT2D eigenvalue weighted by Crippen LogP contribution is 2.30. The number of carboxylic acid groups (broad SMARTS) is 1. The zero-order valence-electron chi connectivity index (χ0n) is 21.3. The number of hydrogen-bond acceptors (Lipinski definition) is 5. The summed E-state index contributed by atoms with van der Waals surface area (Å²) >= 11 is 6.21. The van der Waals surface area contributed by atoms with Gasteiger partial charge in [-0.2, -0.15) is 0 Å². The number of carboxylic acids is 1. The second-order valence-corrected chi connectivity index (χ2v) is 8.66. The maximum atomic E-state index is 13.2. The Hall–Kier alpha value is -3.91. The van der Waals surface area contributed by atoms with E-state index in [9.17, 15) is 19.2 Å². The molecule has 0 aliphatic rings. The van der Waals surface area contributed by atoms with E-state index in [2.05, 4.69) is 5.32 Å². The molecule has 0 spiro atoms. The highest BCUT2D eigenvalue weighted by Gasteiger charge is 2.26. The van der Waals surface area contributed by atoms with Crippen LogP contribution in [0.5, 0.6) is 0 Å². The summed E-state index contributed by atoms with van der Waals surface area (Å²) in [6.07, 6.45) is 5.57. The van der Waals surface area contributed by atoms with E-state index in [1.807, 2.05) is 6.92 Å². The zero-order chi connectivity index (χ0) is 27.5. The first-order valence-electron chi connectivity index (χ1n) is 11.8. The lowest BCUT2D eigenvalue weighted by Crippen LogP contribution is -2.41. The molecule has 8 nitrogen and oxygen atoms in total. The number of allylic oxidation sites excluding steroid dienone is 2.